The summed E-state index contributed by atoms with van der Waals surface area (Å²) in [4.78, 5) is 11.6. The fourth-order valence-electron chi connectivity index (χ4n) is 2.36. The molecule has 19 heavy (non-hydrogen) atoms. The average molecular weight is 276 g/mol. The van der Waals surface area contributed by atoms with Crippen molar-refractivity contribution in [3.8, 4) is 6.07 Å². The van der Waals surface area contributed by atoms with Crippen molar-refractivity contribution in [2.24, 2.45) is 0 Å². The van der Waals surface area contributed by atoms with Crippen LogP contribution >= 0.6 is 0 Å². The molecule has 0 aromatic carbocycles. The van der Waals surface area contributed by atoms with Crippen LogP contribution in [-0.2, 0) is 4.79 Å². The second-order valence-corrected chi connectivity index (χ2v) is 5.13. The maximum atomic E-state index is 12.0. The van der Waals surface area contributed by atoms with Crippen LogP contribution in [0.5, 0.6) is 0 Å². The molecule has 0 radical (unpaired) electrons. The van der Waals surface area contributed by atoms with Crippen molar-refractivity contribution in [2.75, 3.05) is 0 Å². The van der Waals surface area contributed by atoms with Crippen molar-refractivity contribution in [3.05, 3.63) is 0 Å². The number of hydrogen-bond acceptors (Lipinski definition) is 2. The molecule has 0 aromatic heterocycles. The minimum absolute atomic E-state index is 0.529. The molecule has 6 heteroatoms. The first-order valence-electron chi connectivity index (χ1n) is 6.66. The van der Waals surface area contributed by atoms with Crippen LogP contribution in [0.25, 0.3) is 0 Å². The zero-order valence-corrected chi connectivity index (χ0v) is 10.9. The number of halogens is 3. The molecule has 1 aliphatic carbocycles. The third kappa shape index (κ3) is 5.95. The summed E-state index contributed by atoms with van der Waals surface area (Å²) >= 11 is 0. The van der Waals surface area contributed by atoms with Crippen LogP contribution in [0.15, 0.2) is 0 Å². The van der Waals surface area contributed by atoms with E-state index in [0.717, 1.165) is 32.1 Å². The van der Waals surface area contributed by atoms with E-state index in [-0.39, 0.29) is 0 Å². The first-order valence-corrected chi connectivity index (χ1v) is 6.66. The Morgan fingerprint density at radius 2 is 1.68 bits per heavy atom. The molecule has 0 spiro atoms. The lowest BCUT2D eigenvalue weighted by atomic mass is 9.85. The Labute approximate surface area is 111 Å². The van der Waals surface area contributed by atoms with Gasteiger partial charge in [-0.15, -0.1) is 0 Å². The molecule has 1 rings (SSSR count). The molecule has 3 nitrogen and oxygen atoms in total. The van der Waals surface area contributed by atoms with Crippen molar-refractivity contribution in [3.63, 3.8) is 0 Å². The smallest absolute Gasteiger partial charge is 0.338 e. The SMILES string of the molecule is N#CC1(NC(=O)CCC(F)(F)F)CCCCCCC1. The number of carbonyl (C=O) groups is 1. The molecule has 0 aromatic rings. The topological polar surface area (TPSA) is 52.9 Å². The van der Waals surface area contributed by atoms with E-state index in [1.54, 1.807) is 0 Å². The van der Waals surface area contributed by atoms with E-state index in [1.807, 2.05) is 0 Å². The Balaban J connectivity index is 2.54. The summed E-state index contributed by atoms with van der Waals surface area (Å²) in [6.45, 7) is 0. The minimum Gasteiger partial charge on any atom is -0.338 e. The highest BCUT2D eigenvalue weighted by Gasteiger charge is 2.33. The molecule has 1 amide bonds. The molecular weight excluding hydrogens is 257 g/mol. The van der Waals surface area contributed by atoms with Gasteiger partial charge in [-0.25, -0.2) is 0 Å². The van der Waals surface area contributed by atoms with E-state index in [1.165, 1.54) is 0 Å². The Kier molecular flexibility index (Phi) is 5.64. The number of carbonyl (C=O) groups excluding carboxylic acids is 1. The summed E-state index contributed by atoms with van der Waals surface area (Å²) < 4.78 is 36.1. The lowest BCUT2D eigenvalue weighted by Gasteiger charge is -2.29. The zero-order valence-electron chi connectivity index (χ0n) is 10.9. The number of alkyl halides is 3. The Hall–Kier alpha value is -1.25. The Morgan fingerprint density at radius 1 is 1.16 bits per heavy atom. The maximum Gasteiger partial charge on any atom is 0.389 e. The standard InChI is InChI=1S/C13H19F3N2O/c14-13(15,16)9-6-11(19)18-12(10-17)7-4-2-1-3-5-8-12/h1-9H2,(H,18,19). The lowest BCUT2D eigenvalue weighted by molar-refractivity contribution is -0.144. The highest BCUT2D eigenvalue weighted by atomic mass is 19.4. The third-order valence-electron chi connectivity index (χ3n) is 3.44. The van der Waals surface area contributed by atoms with E-state index >= 15 is 0 Å². The zero-order chi connectivity index (χ0) is 14.4. The predicted molar refractivity (Wildman–Crippen MR) is 64.1 cm³/mol. The van der Waals surface area contributed by atoms with E-state index in [4.69, 9.17) is 0 Å². The second kappa shape index (κ2) is 6.78. The third-order valence-corrected chi connectivity index (χ3v) is 3.44. The Morgan fingerprint density at radius 3 is 2.16 bits per heavy atom. The molecule has 1 saturated carbocycles. The number of hydrogen-bond donors (Lipinski definition) is 1. The molecular formula is C13H19F3N2O. The second-order valence-electron chi connectivity index (χ2n) is 5.13. The van der Waals surface area contributed by atoms with Crippen LogP contribution < -0.4 is 5.32 Å². The van der Waals surface area contributed by atoms with E-state index in [2.05, 4.69) is 11.4 Å². The Bertz CT molecular complexity index is 339. The van der Waals surface area contributed by atoms with Gasteiger partial charge in [0.15, 0.2) is 0 Å². The molecule has 0 saturated heterocycles. The van der Waals surface area contributed by atoms with Crippen LogP contribution in [0.1, 0.15) is 57.8 Å². The molecule has 0 aliphatic heterocycles. The van der Waals surface area contributed by atoms with Crippen LogP contribution in [0.3, 0.4) is 0 Å². The average Bonchev–Trinajstić information content (AvgIpc) is 2.29. The summed E-state index contributed by atoms with van der Waals surface area (Å²) in [5.41, 5.74) is -0.969. The molecule has 1 N–H and O–H groups in total. The van der Waals surface area contributed by atoms with Crippen molar-refractivity contribution in [2.45, 2.75) is 69.5 Å². The van der Waals surface area contributed by atoms with Gasteiger partial charge >= 0.3 is 6.18 Å². The molecule has 0 heterocycles. The van der Waals surface area contributed by atoms with Gasteiger partial charge in [0.25, 0.3) is 0 Å². The van der Waals surface area contributed by atoms with Crippen LogP contribution in [0.4, 0.5) is 13.2 Å². The molecule has 0 unspecified atom stereocenters. The first kappa shape index (κ1) is 15.8. The monoisotopic (exact) mass is 276 g/mol. The van der Waals surface area contributed by atoms with Gasteiger partial charge in [0.2, 0.25) is 5.91 Å². The number of nitrogens with one attached hydrogen (secondary N) is 1. The summed E-state index contributed by atoms with van der Waals surface area (Å²) in [5.74, 6) is -0.681. The van der Waals surface area contributed by atoms with Gasteiger partial charge in [0.1, 0.15) is 5.54 Å². The molecule has 0 bridgehead atoms. The molecule has 1 fully saturated rings. The maximum absolute atomic E-state index is 12.0. The first-order chi connectivity index (χ1) is 8.87. The lowest BCUT2D eigenvalue weighted by Crippen LogP contribution is -2.47. The number of amides is 1. The molecule has 1 aliphatic rings. The van der Waals surface area contributed by atoms with Gasteiger partial charge < -0.3 is 5.32 Å². The van der Waals surface area contributed by atoms with Crippen molar-refractivity contribution < 1.29 is 18.0 Å². The minimum atomic E-state index is -4.34. The van der Waals surface area contributed by atoms with Gasteiger partial charge in [-0.2, -0.15) is 18.4 Å². The highest BCUT2D eigenvalue weighted by molar-refractivity contribution is 5.77. The number of rotatable bonds is 3. The summed E-state index contributed by atoms with van der Waals surface area (Å²) in [5, 5.41) is 11.8. The van der Waals surface area contributed by atoms with Crippen LogP contribution in [-0.4, -0.2) is 17.6 Å². The van der Waals surface area contributed by atoms with Gasteiger partial charge in [0.05, 0.1) is 12.5 Å². The van der Waals surface area contributed by atoms with Gasteiger partial charge in [0, 0.05) is 6.42 Å². The quantitative estimate of drug-likeness (QED) is 0.858. The predicted octanol–water partition coefficient (Wildman–Crippen LogP) is 3.45. The highest BCUT2D eigenvalue weighted by Crippen LogP contribution is 2.27. The van der Waals surface area contributed by atoms with E-state index in [9.17, 15) is 23.2 Å². The van der Waals surface area contributed by atoms with Gasteiger partial charge in [-0.3, -0.25) is 4.79 Å². The fraction of sp³-hybridized carbons (Fsp3) is 0.846. The van der Waals surface area contributed by atoms with E-state index in [0.29, 0.717) is 12.8 Å². The van der Waals surface area contributed by atoms with Crippen molar-refractivity contribution in [1.29, 1.82) is 5.26 Å². The summed E-state index contributed by atoms with van der Waals surface area (Å²) in [6, 6.07) is 2.10. The molecule has 0 atom stereocenters. The van der Waals surface area contributed by atoms with Crippen LogP contribution in [0, 0.1) is 11.3 Å². The normalized spacial score (nSPS) is 19.9. The number of nitriles is 1. The summed E-state index contributed by atoms with van der Waals surface area (Å²) in [6.07, 6.45) is -0.249. The van der Waals surface area contributed by atoms with Gasteiger partial charge in [-0.1, -0.05) is 32.1 Å². The largest absolute Gasteiger partial charge is 0.389 e. The van der Waals surface area contributed by atoms with Crippen LogP contribution in [0.2, 0.25) is 0 Å². The summed E-state index contributed by atoms with van der Waals surface area (Å²) in [7, 11) is 0. The van der Waals surface area contributed by atoms with Gasteiger partial charge in [-0.05, 0) is 12.8 Å². The number of nitrogens with zero attached hydrogens (tertiary/aromatic N) is 1. The fourth-order valence-corrected chi connectivity index (χ4v) is 2.36. The molecule has 108 valence electrons. The van der Waals surface area contributed by atoms with E-state index < -0.39 is 30.5 Å². The van der Waals surface area contributed by atoms with Crippen molar-refractivity contribution >= 4 is 5.91 Å². The van der Waals surface area contributed by atoms with Crippen molar-refractivity contribution in [1.82, 2.24) is 5.32 Å².